The molecule has 0 aliphatic heterocycles. The van der Waals surface area contributed by atoms with Gasteiger partial charge in [-0.1, -0.05) is 13.3 Å². The summed E-state index contributed by atoms with van der Waals surface area (Å²) in [6.07, 6.45) is 4.95. The van der Waals surface area contributed by atoms with Crippen LogP contribution in [0.25, 0.3) is 0 Å². The Morgan fingerprint density at radius 1 is 1.33 bits per heavy atom. The number of nitrogens with zero attached hydrogens (tertiary/aromatic N) is 2. The molecule has 0 aromatic carbocycles. The summed E-state index contributed by atoms with van der Waals surface area (Å²) in [5.41, 5.74) is 8.18. The first-order valence-corrected chi connectivity index (χ1v) is 7.21. The number of hydrogen-bond donors (Lipinski definition) is 1. The maximum Gasteiger partial charge on any atom is 0.129 e. The SMILES string of the molecule is CCCc1cc(CN)cc(N(CC)CC2CC2)n1. The van der Waals surface area contributed by atoms with Gasteiger partial charge in [0.15, 0.2) is 0 Å². The predicted octanol–water partition coefficient (Wildman–Crippen LogP) is 2.73. The van der Waals surface area contributed by atoms with Crippen LogP contribution >= 0.6 is 0 Å². The van der Waals surface area contributed by atoms with Crippen molar-refractivity contribution in [3.05, 3.63) is 23.4 Å². The van der Waals surface area contributed by atoms with Crippen molar-refractivity contribution < 1.29 is 0 Å². The normalized spacial score (nSPS) is 14.8. The second-order valence-electron chi connectivity index (χ2n) is 5.26. The predicted molar refractivity (Wildman–Crippen MR) is 76.7 cm³/mol. The summed E-state index contributed by atoms with van der Waals surface area (Å²) in [5, 5.41) is 0. The van der Waals surface area contributed by atoms with Gasteiger partial charge < -0.3 is 10.6 Å². The Balaban J connectivity index is 2.19. The molecule has 1 aromatic rings. The number of hydrogen-bond acceptors (Lipinski definition) is 3. The molecule has 100 valence electrons. The zero-order valence-corrected chi connectivity index (χ0v) is 11.7. The fourth-order valence-electron chi connectivity index (χ4n) is 2.29. The third-order valence-corrected chi connectivity index (χ3v) is 3.55. The van der Waals surface area contributed by atoms with Crippen molar-refractivity contribution in [2.24, 2.45) is 11.7 Å². The molecule has 2 N–H and O–H groups in total. The molecule has 18 heavy (non-hydrogen) atoms. The highest BCUT2D eigenvalue weighted by atomic mass is 15.2. The Kier molecular flexibility index (Phi) is 4.59. The standard InChI is InChI=1S/C15H25N3/c1-3-5-14-8-13(10-16)9-15(17-14)18(4-2)11-12-6-7-12/h8-9,12H,3-7,10-11,16H2,1-2H3. The fraction of sp³-hybridized carbons (Fsp3) is 0.667. The van der Waals surface area contributed by atoms with Crippen LogP contribution in [0.5, 0.6) is 0 Å². The Bertz CT molecular complexity index is 385. The van der Waals surface area contributed by atoms with Gasteiger partial charge in [-0.15, -0.1) is 0 Å². The van der Waals surface area contributed by atoms with Gasteiger partial charge >= 0.3 is 0 Å². The van der Waals surface area contributed by atoms with Gasteiger partial charge in [0.1, 0.15) is 5.82 Å². The molecule has 1 fully saturated rings. The van der Waals surface area contributed by atoms with E-state index in [0.29, 0.717) is 6.54 Å². The van der Waals surface area contributed by atoms with E-state index in [1.165, 1.54) is 24.1 Å². The summed E-state index contributed by atoms with van der Waals surface area (Å²) in [5.74, 6) is 2.01. The van der Waals surface area contributed by atoms with Crippen LogP contribution in [0.2, 0.25) is 0 Å². The van der Waals surface area contributed by atoms with Gasteiger partial charge in [0.05, 0.1) is 0 Å². The number of nitrogens with two attached hydrogens (primary N) is 1. The molecular formula is C15H25N3. The lowest BCUT2D eigenvalue weighted by Gasteiger charge is -2.23. The molecule has 0 saturated heterocycles. The van der Waals surface area contributed by atoms with E-state index in [1.807, 2.05) is 0 Å². The lowest BCUT2D eigenvalue weighted by molar-refractivity contribution is 0.726. The van der Waals surface area contributed by atoms with Crippen molar-refractivity contribution in [3.8, 4) is 0 Å². The highest BCUT2D eigenvalue weighted by Gasteiger charge is 2.24. The van der Waals surface area contributed by atoms with Crippen LogP contribution in [0.3, 0.4) is 0 Å². The molecular weight excluding hydrogens is 222 g/mol. The monoisotopic (exact) mass is 247 g/mol. The van der Waals surface area contributed by atoms with Crippen LogP contribution in [0.4, 0.5) is 5.82 Å². The second kappa shape index (κ2) is 6.19. The molecule has 0 spiro atoms. The van der Waals surface area contributed by atoms with Crippen LogP contribution < -0.4 is 10.6 Å². The van der Waals surface area contributed by atoms with E-state index in [2.05, 4.69) is 30.9 Å². The topological polar surface area (TPSA) is 42.1 Å². The van der Waals surface area contributed by atoms with E-state index in [4.69, 9.17) is 10.7 Å². The van der Waals surface area contributed by atoms with Gasteiger partial charge in [0.25, 0.3) is 0 Å². The van der Waals surface area contributed by atoms with Gasteiger partial charge in [-0.25, -0.2) is 4.98 Å². The van der Waals surface area contributed by atoms with Crippen molar-refractivity contribution in [2.45, 2.75) is 46.1 Å². The molecule has 1 aliphatic rings. The smallest absolute Gasteiger partial charge is 0.129 e. The van der Waals surface area contributed by atoms with Gasteiger partial charge in [-0.05, 0) is 49.8 Å². The zero-order chi connectivity index (χ0) is 13.0. The zero-order valence-electron chi connectivity index (χ0n) is 11.7. The van der Waals surface area contributed by atoms with Crippen molar-refractivity contribution in [2.75, 3.05) is 18.0 Å². The number of aromatic nitrogens is 1. The van der Waals surface area contributed by atoms with Gasteiger partial charge in [-0.3, -0.25) is 0 Å². The average molecular weight is 247 g/mol. The maximum atomic E-state index is 5.79. The van der Waals surface area contributed by atoms with Crippen molar-refractivity contribution in [1.29, 1.82) is 0 Å². The van der Waals surface area contributed by atoms with Gasteiger partial charge in [0.2, 0.25) is 0 Å². The summed E-state index contributed by atoms with van der Waals surface area (Å²) in [4.78, 5) is 7.19. The molecule has 1 saturated carbocycles. The van der Waals surface area contributed by atoms with E-state index in [-0.39, 0.29) is 0 Å². The van der Waals surface area contributed by atoms with Gasteiger partial charge in [-0.2, -0.15) is 0 Å². The lowest BCUT2D eigenvalue weighted by Crippen LogP contribution is -2.26. The molecule has 0 bridgehead atoms. The third-order valence-electron chi connectivity index (χ3n) is 3.55. The summed E-state index contributed by atoms with van der Waals surface area (Å²) in [7, 11) is 0. The minimum atomic E-state index is 0.604. The van der Waals surface area contributed by atoms with Crippen molar-refractivity contribution in [3.63, 3.8) is 0 Å². The molecule has 0 atom stereocenters. The lowest BCUT2D eigenvalue weighted by atomic mass is 10.1. The maximum absolute atomic E-state index is 5.79. The Hall–Kier alpha value is -1.09. The van der Waals surface area contributed by atoms with Crippen molar-refractivity contribution in [1.82, 2.24) is 4.98 Å². The Morgan fingerprint density at radius 2 is 2.11 bits per heavy atom. The minimum Gasteiger partial charge on any atom is -0.357 e. The quantitative estimate of drug-likeness (QED) is 0.805. The summed E-state index contributed by atoms with van der Waals surface area (Å²) in [6.45, 7) is 7.19. The fourth-order valence-corrected chi connectivity index (χ4v) is 2.29. The highest BCUT2D eigenvalue weighted by molar-refractivity contribution is 5.43. The van der Waals surface area contributed by atoms with E-state index in [0.717, 1.165) is 37.7 Å². The minimum absolute atomic E-state index is 0.604. The van der Waals surface area contributed by atoms with Crippen LogP contribution in [-0.4, -0.2) is 18.1 Å². The average Bonchev–Trinajstić information content (AvgIpc) is 3.19. The number of rotatable bonds is 7. The second-order valence-corrected chi connectivity index (χ2v) is 5.26. The van der Waals surface area contributed by atoms with Gasteiger partial charge in [0, 0.05) is 25.3 Å². The van der Waals surface area contributed by atoms with E-state index in [9.17, 15) is 0 Å². The first-order chi connectivity index (χ1) is 8.76. The molecule has 1 heterocycles. The van der Waals surface area contributed by atoms with E-state index in [1.54, 1.807) is 0 Å². The van der Waals surface area contributed by atoms with E-state index >= 15 is 0 Å². The van der Waals surface area contributed by atoms with Crippen LogP contribution in [0, 0.1) is 5.92 Å². The van der Waals surface area contributed by atoms with Crippen LogP contribution in [0.1, 0.15) is 44.4 Å². The molecule has 1 aliphatic carbocycles. The largest absolute Gasteiger partial charge is 0.357 e. The number of aryl methyl sites for hydroxylation is 1. The Morgan fingerprint density at radius 3 is 2.67 bits per heavy atom. The summed E-state index contributed by atoms with van der Waals surface area (Å²) >= 11 is 0. The number of anilines is 1. The Labute approximate surface area is 110 Å². The van der Waals surface area contributed by atoms with Crippen LogP contribution in [0.15, 0.2) is 12.1 Å². The molecule has 2 rings (SSSR count). The molecule has 0 unspecified atom stereocenters. The molecule has 1 aromatic heterocycles. The number of pyridine rings is 1. The molecule has 3 nitrogen and oxygen atoms in total. The first-order valence-electron chi connectivity index (χ1n) is 7.21. The molecule has 3 heteroatoms. The molecule has 0 amide bonds. The molecule has 0 radical (unpaired) electrons. The first kappa shape index (κ1) is 13.3. The summed E-state index contributed by atoms with van der Waals surface area (Å²) < 4.78 is 0. The third kappa shape index (κ3) is 3.45. The summed E-state index contributed by atoms with van der Waals surface area (Å²) in [6, 6.07) is 4.31. The van der Waals surface area contributed by atoms with E-state index < -0.39 is 0 Å². The van der Waals surface area contributed by atoms with Crippen molar-refractivity contribution >= 4 is 5.82 Å². The highest BCUT2D eigenvalue weighted by Crippen LogP contribution is 2.31. The van der Waals surface area contributed by atoms with Crippen LogP contribution in [-0.2, 0) is 13.0 Å².